The molecule has 0 spiro atoms. The largest absolute Gasteiger partial charge is 0.314 e. The molecule has 1 fully saturated rings. The smallest absolute Gasteiger partial charge is 0.0447 e. The van der Waals surface area contributed by atoms with Gasteiger partial charge in [-0.25, -0.2) is 0 Å². The summed E-state index contributed by atoms with van der Waals surface area (Å²) >= 11 is 3.48. The number of piperazine rings is 1. The molecule has 1 aliphatic rings. The summed E-state index contributed by atoms with van der Waals surface area (Å²) in [6.45, 7) is 3.15. The summed E-state index contributed by atoms with van der Waals surface area (Å²) in [5.74, 6) is 0. The van der Waals surface area contributed by atoms with Crippen molar-refractivity contribution >= 4 is 15.9 Å². The Kier molecular flexibility index (Phi) is 2.98. The lowest BCUT2D eigenvalue weighted by molar-refractivity contribution is 0.430. The fraction of sp³-hybridized carbons (Fsp3) is 0.400. The minimum Gasteiger partial charge on any atom is -0.314 e. The monoisotopic (exact) mass is 240 g/mol. The molecule has 0 radical (unpaired) electrons. The fourth-order valence-corrected chi connectivity index (χ4v) is 2.03. The van der Waals surface area contributed by atoms with Gasteiger partial charge in [-0.3, -0.25) is 0 Å². The van der Waals surface area contributed by atoms with E-state index in [1.54, 1.807) is 0 Å². The number of halogens is 1. The first-order chi connectivity index (χ1) is 6.36. The molecule has 1 aliphatic heterocycles. The molecule has 1 atom stereocenters. The molecule has 3 heteroatoms. The second-order valence-electron chi connectivity index (χ2n) is 3.27. The Labute approximate surface area is 86.9 Å². The van der Waals surface area contributed by atoms with Crippen LogP contribution >= 0.6 is 15.9 Å². The average Bonchev–Trinajstić information content (AvgIpc) is 2.19. The van der Waals surface area contributed by atoms with Crippen molar-refractivity contribution < 1.29 is 0 Å². The van der Waals surface area contributed by atoms with Gasteiger partial charge >= 0.3 is 0 Å². The number of rotatable bonds is 1. The molecule has 0 aromatic heterocycles. The Bertz CT molecular complexity index is 282. The Morgan fingerprint density at radius 3 is 2.92 bits per heavy atom. The Balaban J connectivity index is 2.14. The third-order valence-corrected chi connectivity index (χ3v) is 2.79. The zero-order chi connectivity index (χ0) is 9.10. The van der Waals surface area contributed by atoms with Crippen LogP contribution in [0.15, 0.2) is 28.7 Å². The van der Waals surface area contributed by atoms with E-state index in [0.29, 0.717) is 6.04 Å². The number of nitrogens with one attached hydrogen (secondary N) is 2. The van der Waals surface area contributed by atoms with E-state index < -0.39 is 0 Å². The van der Waals surface area contributed by atoms with Crippen LogP contribution in [0.5, 0.6) is 0 Å². The molecule has 2 nitrogen and oxygen atoms in total. The number of hydrogen-bond donors (Lipinski definition) is 2. The molecule has 1 saturated heterocycles. The maximum absolute atomic E-state index is 3.48. The quantitative estimate of drug-likeness (QED) is 0.781. The van der Waals surface area contributed by atoms with Crippen molar-refractivity contribution in [2.24, 2.45) is 0 Å². The van der Waals surface area contributed by atoms with E-state index in [4.69, 9.17) is 0 Å². The van der Waals surface area contributed by atoms with Gasteiger partial charge in [-0.2, -0.15) is 0 Å². The lowest BCUT2D eigenvalue weighted by Crippen LogP contribution is -2.42. The van der Waals surface area contributed by atoms with E-state index in [-0.39, 0.29) is 0 Å². The summed E-state index contributed by atoms with van der Waals surface area (Å²) in [4.78, 5) is 0. The highest BCUT2D eigenvalue weighted by Crippen LogP contribution is 2.18. The Morgan fingerprint density at radius 1 is 1.31 bits per heavy atom. The second kappa shape index (κ2) is 4.22. The molecule has 1 heterocycles. The Hall–Kier alpha value is -0.380. The fourth-order valence-electron chi connectivity index (χ4n) is 1.61. The topological polar surface area (TPSA) is 24.1 Å². The summed E-state index contributed by atoms with van der Waals surface area (Å²) in [6, 6.07) is 8.93. The molecule has 0 amide bonds. The lowest BCUT2D eigenvalue weighted by atomic mass is 10.1. The molecule has 0 aliphatic carbocycles. The predicted octanol–water partition coefficient (Wildman–Crippen LogP) is 1.68. The predicted molar refractivity (Wildman–Crippen MR) is 57.8 cm³/mol. The van der Waals surface area contributed by atoms with Gasteiger partial charge in [-0.15, -0.1) is 0 Å². The van der Waals surface area contributed by atoms with Gasteiger partial charge in [0.25, 0.3) is 0 Å². The van der Waals surface area contributed by atoms with Gasteiger partial charge in [0.15, 0.2) is 0 Å². The molecule has 0 bridgehead atoms. The van der Waals surface area contributed by atoms with Crippen LogP contribution in [-0.4, -0.2) is 19.6 Å². The van der Waals surface area contributed by atoms with Crippen LogP contribution in [0.2, 0.25) is 0 Å². The molecule has 70 valence electrons. The van der Waals surface area contributed by atoms with Gasteiger partial charge in [0.05, 0.1) is 0 Å². The zero-order valence-corrected chi connectivity index (χ0v) is 8.97. The SMILES string of the molecule is Brc1cccc([C@@H]2CNCCN2)c1. The molecule has 0 unspecified atom stereocenters. The third-order valence-electron chi connectivity index (χ3n) is 2.29. The van der Waals surface area contributed by atoms with Crippen LogP contribution in [0.25, 0.3) is 0 Å². The summed E-state index contributed by atoms with van der Waals surface area (Å²) in [6.07, 6.45) is 0. The van der Waals surface area contributed by atoms with Crippen LogP contribution < -0.4 is 10.6 Å². The Morgan fingerprint density at radius 2 is 2.23 bits per heavy atom. The highest BCUT2D eigenvalue weighted by molar-refractivity contribution is 9.10. The summed E-state index contributed by atoms with van der Waals surface area (Å²) in [7, 11) is 0. The summed E-state index contributed by atoms with van der Waals surface area (Å²) in [5, 5.41) is 6.85. The van der Waals surface area contributed by atoms with Crippen molar-refractivity contribution in [2.45, 2.75) is 6.04 Å². The van der Waals surface area contributed by atoms with Crippen LogP contribution in [-0.2, 0) is 0 Å². The molecule has 1 aromatic carbocycles. The maximum atomic E-state index is 3.48. The van der Waals surface area contributed by atoms with Gasteiger partial charge in [-0.1, -0.05) is 28.1 Å². The molecular formula is C10H13BrN2. The van der Waals surface area contributed by atoms with Gasteiger partial charge in [0, 0.05) is 30.1 Å². The first-order valence-electron chi connectivity index (χ1n) is 4.56. The van der Waals surface area contributed by atoms with E-state index in [0.717, 1.165) is 24.1 Å². The van der Waals surface area contributed by atoms with Gasteiger partial charge in [-0.05, 0) is 17.7 Å². The van der Waals surface area contributed by atoms with Crippen molar-refractivity contribution in [3.8, 4) is 0 Å². The third kappa shape index (κ3) is 2.30. The lowest BCUT2D eigenvalue weighted by Gasteiger charge is -2.24. The highest BCUT2D eigenvalue weighted by Gasteiger charge is 2.13. The number of hydrogen-bond acceptors (Lipinski definition) is 2. The molecule has 2 rings (SSSR count). The van der Waals surface area contributed by atoms with Crippen LogP contribution in [0.1, 0.15) is 11.6 Å². The molecular weight excluding hydrogens is 228 g/mol. The van der Waals surface area contributed by atoms with Crippen molar-refractivity contribution in [2.75, 3.05) is 19.6 Å². The van der Waals surface area contributed by atoms with Gasteiger partial charge in [0.1, 0.15) is 0 Å². The maximum Gasteiger partial charge on any atom is 0.0447 e. The van der Waals surface area contributed by atoms with Crippen molar-refractivity contribution in [1.82, 2.24) is 10.6 Å². The average molecular weight is 241 g/mol. The van der Waals surface area contributed by atoms with Crippen molar-refractivity contribution in [3.63, 3.8) is 0 Å². The minimum absolute atomic E-state index is 0.464. The van der Waals surface area contributed by atoms with Gasteiger partial charge < -0.3 is 10.6 Å². The van der Waals surface area contributed by atoms with E-state index in [1.165, 1.54) is 5.56 Å². The number of benzene rings is 1. The highest BCUT2D eigenvalue weighted by atomic mass is 79.9. The summed E-state index contributed by atoms with van der Waals surface area (Å²) < 4.78 is 1.15. The first-order valence-corrected chi connectivity index (χ1v) is 5.35. The van der Waals surface area contributed by atoms with E-state index in [9.17, 15) is 0 Å². The van der Waals surface area contributed by atoms with Crippen LogP contribution in [0, 0.1) is 0 Å². The molecule has 0 saturated carbocycles. The van der Waals surface area contributed by atoms with E-state index in [1.807, 2.05) is 0 Å². The normalized spacial score (nSPS) is 23.0. The molecule has 1 aromatic rings. The molecule has 13 heavy (non-hydrogen) atoms. The minimum atomic E-state index is 0.464. The molecule has 2 N–H and O–H groups in total. The van der Waals surface area contributed by atoms with Crippen molar-refractivity contribution in [3.05, 3.63) is 34.3 Å². The second-order valence-corrected chi connectivity index (χ2v) is 4.18. The summed E-state index contributed by atoms with van der Waals surface area (Å²) in [5.41, 5.74) is 1.35. The van der Waals surface area contributed by atoms with E-state index in [2.05, 4.69) is 50.8 Å². The van der Waals surface area contributed by atoms with Gasteiger partial charge in [0.2, 0.25) is 0 Å². The first kappa shape index (κ1) is 9.19. The zero-order valence-electron chi connectivity index (χ0n) is 7.39. The van der Waals surface area contributed by atoms with Crippen LogP contribution in [0.4, 0.5) is 0 Å². The van der Waals surface area contributed by atoms with Crippen LogP contribution in [0.3, 0.4) is 0 Å². The van der Waals surface area contributed by atoms with E-state index >= 15 is 0 Å². The van der Waals surface area contributed by atoms with Crippen molar-refractivity contribution in [1.29, 1.82) is 0 Å². The standard InChI is InChI=1S/C10H13BrN2/c11-9-3-1-2-8(6-9)10-7-12-4-5-13-10/h1-3,6,10,12-13H,4-5,7H2/t10-/m0/s1.